The maximum Gasteiger partial charge on any atom is 0.237 e. The maximum absolute atomic E-state index is 12.4. The summed E-state index contributed by atoms with van der Waals surface area (Å²) in [5.41, 5.74) is 3.46. The number of pyridine rings is 1. The Balaban J connectivity index is 1.72. The minimum Gasteiger partial charge on any atom is -0.325 e. The van der Waals surface area contributed by atoms with Gasteiger partial charge in [0.2, 0.25) is 5.91 Å². The lowest BCUT2D eigenvalue weighted by Crippen LogP contribution is -2.22. The molecule has 1 amide bonds. The first-order valence-corrected chi connectivity index (χ1v) is 8.98. The predicted octanol–water partition coefficient (Wildman–Crippen LogP) is 4.21. The Labute approximate surface area is 150 Å². The Kier molecular flexibility index (Phi) is 5.08. The van der Waals surface area contributed by atoms with Gasteiger partial charge in [-0.1, -0.05) is 23.4 Å². The number of thioether (sulfide) groups is 1. The van der Waals surface area contributed by atoms with Crippen LogP contribution in [-0.4, -0.2) is 16.1 Å². The van der Waals surface area contributed by atoms with Crippen molar-refractivity contribution >= 4 is 35.0 Å². The average Bonchev–Trinajstić information content (AvgIpc) is 3.03. The van der Waals surface area contributed by atoms with Gasteiger partial charge in [-0.2, -0.15) is 5.26 Å². The van der Waals surface area contributed by atoms with Gasteiger partial charge in [0.25, 0.3) is 0 Å². The third kappa shape index (κ3) is 3.72. The number of carbonyl (C=O) groups excluding carboxylic acids is 1. The lowest BCUT2D eigenvalue weighted by atomic mass is 10.2. The largest absolute Gasteiger partial charge is 0.325 e. The third-order valence-corrected chi connectivity index (χ3v) is 5.26. The van der Waals surface area contributed by atoms with Crippen molar-refractivity contribution in [2.75, 3.05) is 5.32 Å². The second-order valence-corrected chi connectivity index (χ2v) is 7.43. The van der Waals surface area contributed by atoms with E-state index < -0.39 is 0 Å². The van der Waals surface area contributed by atoms with Crippen molar-refractivity contribution in [3.63, 3.8) is 0 Å². The van der Waals surface area contributed by atoms with E-state index in [-0.39, 0.29) is 11.2 Å². The van der Waals surface area contributed by atoms with E-state index >= 15 is 0 Å². The number of hydrogen-bond donors (Lipinski definition) is 1. The molecular weight excluding hydrogens is 342 g/mol. The number of halogens is 1. The summed E-state index contributed by atoms with van der Waals surface area (Å²) >= 11 is 7.16. The van der Waals surface area contributed by atoms with Crippen molar-refractivity contribution < 1.29 is 4.79 Å². The highest BCUT2D eigenvalue weighted by molar-refractivity contribution is 8.00. The van der Waals surface area contributed by atoms with Crippen LogP contribution in [0.25, 0.3) is 0 Å². The lowest BCUT2D eigenvalue weighted by Gasteiger charge is -2.13. The summed E-state index contributed by atoms with van der Waals surface area (Å²) in [6.45, 7) is 1.81. The molecule has 1 unspecified atom stereocenters. The molecule has 122 valence electrons. The molecule has 1 heterocycles. The van der Waals surface area contributed by atoms with Gasteiger partial charge in [0.05, 0.1) is 10.8 Å². The zero-order valence-electron chi connectivity index (χ0n) is 13.2. The summed E-state index contributed by atoms with van der Waals surface area (Å²) in [7, 11) is 0. The molecule has 1 aromatic heterocycles. The molecule has 0 spiro atoms. The second-order valence-electron chi connectivity index (χ2n) is 5.67. The number of amides is 1. The molecule has 6 heteroatoms. The quantitative estimate of drug-likeness (QED) is 0.832. The molecular formula is C18H16ClN3OS. The van der Waals surface area contributed by atoms with Crippen LogP contribution in [-0.2, 0) is 17.6 Å². The molecule has 1 aliphatic rings. The molecule has 1 aromatic carbocycles. The molecule has 1 N–H and O–H groups in total. The minimum absolute atomic E-state index is 0.131. The van der Waals surface area contributed by atoms with Gasteiger partial charge in [0, 0.05) is 16.4 Å². The van der Waals surface area contributed by atoms with Gasteiger partial charge < -0.3 is 5.32 Å². The SMILES string of the molecule is CC(Sc1nc2c(cc1C#N)CCC2)C(=O)Nc1ccc(Cl)cc1. The number of aryl methyl sites for hydroxylation is 2. The number of aromatic nitrogens is 1. The van der Waals surface area contributed by atoms with Gasteiger partial charge >= 0.3 is 0 Å². The van der Waals surface area contributed by atoms with Crippen LogP contribution in [0.5, 0.6) is 0 Å². The van der Waals surface area contributed by atoms with Crippen molar-refractivity contribution in [1.29, 1.82) is 5.26 Å². The van der Waals surface area contributed by atoms with E-state index in [2.05, 4.69) is 16.4 Å². The van der Waals surface area contributed by atoms with Crippen LogP contribution in [0, 0.1) is 11.3 Å². The monoisotopic (exact) mass is 357 g/mol. The summed E-state index contributed by atoms with van der Waals surface area (Å²) in [6.07, 6.45) is 3.00. The molecule has 3 rings (SSSR count). The predicted molar refractivity (Wildman–Crippen MR) is 96.4 cm³/mol. The molecule has 0 fully saturated rings. The summed E-state index contributed by atoms with van der Waals surface area (Å²) in [6, 6.07) is 11.1. The van der Waals surface area contributed by atoms with Gasteiger partial charge in [-0.3, -0.25) is 4.79 Å². The van der Waals surface area contributed by atoms with Crippen molar-refractivity contribution in [2.45, 2.75) is 36.5 Å². The van der Waals surface area contributed by atoms with E-state index in [1.54, 1.807) is 24.3 Å². The average molecular weight is 358 g/mol. The molecule has 0 aliphatic heterocycles. The molecule has 0 saturated heterocycles. The van der Waals surface area contributed by atoms with Gasteiger partial charge in [-0.05, 0) is 62.1 Å². The van der Waals surface area contributed by atoms with Crippen LogP contribution in [0.15, 0.2) is 35.4 Å². The van der Waals surface area contributed by atoms with Crippen LogP contribution in [0.1, 0.15) is 30.2 Å². The van der Waals surface area contributed by atoms with Crippen LogP contribution in [0.3, 0.4) is 0 Å². The number of hydrogen-bond acceptors (Lipinski definition) is 4. The van der Waals surface area contributed by atoms with Crippen LogP contribution < -0.4 is 5.32 Å². The Morgan fingerprint density at radius 2 is 2.12 bits per heavy atom. The number of nitrogens with one attached hydrogen (secondary N) is 1. The van der Waals surface area contributed by atoms with Gasteiger partial charge in [-0.15, -0.1) is 0 Å². The normalized spacial score (nSPS) is 13.9. The number of benzene rings is 1. The van der Waals surface area contributed by atoms with Gasteiger partial charge in [0.1, 0.15) is 11.1 Å². The highest BCUT2D eigenvalue weighted by atomic mass is 35.5. The van der Waals surface area contributed by atoms with Crippen LogP contribution in [0.4, 0.5) is 5.69 Å². The summed E-state index contributed by atoms with van der Waals surface area (Å²) in [5.74, 6) is -0.131. The number of nitriles is 1. The Bertz CT molecular complexity index is 814. The molecule has 0 radical (unpaired) electrons. The van der Waals surface area contributed by atoms with Crippen LogP contribution >= 0.6 is 23.4 Å². The number of nitrogens with zero attached hydrogens (tertiary/aromatic N) is 2. The van der Waals surface area contributed by atoms with Crippen LogP contribution in [0.2, 0.25) is 5.02 Å². The number of carbonyl (C=O) groups is 1. The fourth-order valence-electron chi connectivity index (χ4n) is 2.62. The first kappa shape index (κ1) is 16.8. The highest BCUT2D eigenvalue weighted by Gasteiger charge is 2.21. The summed E-state index contributed by atoms with van der Waals surface area (Å²) in [4.78, 5) is 17.0. The second kappa shape index (κ2) is 7.25. The molecule has 1 atom stereocenters. The lowest BCUT2D eigenvalue weighted by molar-refractivity contribution is -0.115. The van der Waals surface area contributed by atoms with Crippen molar-refractivity contribution in [3.8, 4) is 6.07 Å². The van der Waals surface area contributed by atoms with Crippen molar-refractivity contribution in [1.82, 2.24) is 4.98 Å². The standard InChI is InChI=1S/C18H16ClN3OS/c1-11(17(23)21-15-7-5-14(19)6-8-15)24-18-13(10-20)9-12-3-2-4-16(12)22-18/h5-9,11H,2-4H2,1H3,(H,21,23). The van der Waals surface area contributed by atoms with E-state index in [0.717, 1.165) is 30.5 Å². The fraction of sp³-hybridized carbons (Fsp3) is 0.278. The molecule has 2 aromatic rings. The zero-order valence-corrected chi connectivity index (χ0v) is 14.7. The fourth-order valence-corrected chi connectivity index (χ4v) is 3.64. The smallest absolute Gasteiger partial charge is 0.237 e. The molecule has 0 saturated carbocycles. The molecule has 0 bridgehead atoms. The zero-order chi connectivity index (χ0) is 17.1. The first-order valence-electron chi connectivity index (χ1n) is 7.73. The number of fused-ring (bicyclic) bond motifs is 1. The molecule has 4 nitrogen and oxygen atoms in total. The minimum atomic E-state index is -0.361. The van der Waals surface area contributed by atoms with E-state index in [1.165, 1.54) is 11.8 Å². The van der Waals surface area contributed by atoms with Crippen molar-refractivity contribution in [3.05, 3.63) is 52.2 Å². The van der Waals surface area contributed by atoms with Gasteiger partial charge in [-0.25, -0.2) is 4.98 Å². The van der Waals surface area contributed by atoms with Gasteiger partial charge in [0.15, 0.2) is 0 Å². The third-order valence-electron chi connectivity index (χ3n) is 3.91. The first-order chi connectivity index (χ1) is 11.6. The Morgan fingerprint density at radius 1 is 1.38 bits per heavy atom. The van der Waals surface area contributed by atoms with E-state index in [4.69, 9.17) is 11.6 Å². The molecule has 24 heavy (non-hydrogen) atoms. The Hall–Kier alpha value is -2.03. The van der Waals surface area contributed by atoms with Crippen molar-refractivity contribution in [2.24, 2.45) is 0 Å². The summed E-state index contributed by atoms with van der Waals surface area (Å²) in [5, 5.41) is 13.1. The van der Waals surface area contributed by atoms with E-state index in [0.29, 0.717) is 21.3 Å². The van der Waals surface area contributed by atoms with E-state index in [9.17, 15) is 10.1 Å². The number of rotatable bonds is 4. The highest BCUT2D eigenvalue weighted by Crippen LogP contribution is 2.30. The molecule has 1 aliphatic carbocycles. The number of anilines is 1. The Morgan fingerprint density at radius 3 is 2.83 bits per heavy atom. The topological polar surface area (TPSA) is 65.8 Å². The summed E-state index contributed by atoms with van der Waals surface area (Å²) < 4.78 is 0. The van der Waals surface area contributed by atoms with E-state index in [1.807, 2.05) is 13.0 Å². The maximum atomic E-state index is 12.4.